The second kappa shape index (κ2) is 8.56. The predicted molar refractivity (Wildman–Crippen MR) is 121 cm³/mol. The van der Waals surface area contributed by atoms with Crippen LogP contribution in [0, 0.1) is 0 Å². The highest BCUT2D eigenvalue weighted by Gasteiger charge is 2.20. The van der Waals surface area contributed by atoms with E-state index in [1.807, 2.05) is 42.6 Å². The Morgan fingerprint density at radius 2 is 1.71 bits per heavy atom. The van der Waals surface area contributed by atoms with Crippen molar-refractivity contribution in [1.82, 2.24) is 10.3 Å². The number of carbonyl (C=O) groups is 1. The smallest absolute Gasteiger partial charge is 0.251 e. The number of hydrogen-bond donors (Lipinski definition) is 2. The minimum Gasteiger partial charge on any atom is -0.490 e. The zero-order valence-corrected chi connectivity index (χ0v) is 17.1. The highest BCUT2D eigenvalue weighted by atomic mass is 16.5. The van der Waals surface area contributed by atoms with Crippen molar-refractivity contribution < 1.29 is 14.3 Å². The van der Waals surface area contributed by atoms with E-state index in [0.717, 1.165) is 17.5 Å². The number of nitrogens with one attached hydrogen (secondary N) is 2. The fourth-order valence-electron chi connectivity index (χ4n) is 4.08. The summed E-state index contributed by atoms with van der Waals surface area (Å²) in [5.41, 5.74) is 3.98. The van der Waals surface area contributed by atoms with Gasteiger partial charge in [-0.25, -0.2) is 0 Å². The molecule has 0 unspecified atom stereocenters. The molecule has 1 aromatic heterocycles. The van der Waals surface area contributed by atoms with Gasteiger partial charge in [0.05, 0.1) is 13.2 Å². The molecule has 2 heterocycles. The van der Waals surface area contributed by atoms with Crippen LogP contribution in [0.1, 0.15) is 33.8 Å². The normalized spacial score (nSPS) is 14.1. The van der Waals surface area contributed by atoms with E-state index in [0.29, 0.717) is 36.8 Å². The van der Waals surface area contributed by atoms with Crippen molar-refractivity contribution in [1.29, 1.82) is 0 Å². The van der Waals surface area contributed by atoms with Crippen molar-refractivity contribution in [3.05, 3.63) is 95.7 Å². The second-order valence-electron chi connectivity index (χ2n) is 7.67. The monoisotopic (exact) mass is 412 g/mol. The first-order valence-corrected chi connectivity index (χ1v) is 10.6. The number of ether oxygens (including phenoxy) is 2. The number of amides is 1. The maximum atomic E-state index is 13.0. The molecule has 0 spiro atoms. The van der Waals surface area contributed by atoms with E-state index in [2.05, 4.69) is 34.6 Å². The Balaban J connectivity index is 1.40. The molecule has 1 amide bonds. The molecule has 31 heavy (non-hydrogen) atoms. The summed E-state index contributed by atoms with van der Waals surface area (Å²) in [6.45, 7) is 1.70. The fourth-order valence-corrected chi connectivity index (χ4v) is 4.08. The summed E-state index contributed by atoms with van der Waals surface area (Å²) >= 11 is 0. The van der Waals surface area contributed by atoms with Gasteiger partial charge in [0, 0.05) is 41.5 Å². The van der Waals surface area contributed by atoms with Gasteiger partial charge in [0.1, 0.15) is 0 Å². The van der Waals surface area contributed by atoms with E-state index in [4.69, 9.17) is 9.47 Å². The van der Waals surface area contributed by atoms with E-state index >= 15 is 0 Å². The SMILES string of the molecule is O=C(NC[C@@H](c1ccccc1)c1c[nH]c2ccccc12)c1ccc2c(c1)OCCCO2. The van der Waals surface area contributed by atoms with Crippen molar-refractivity contribution >= 4 is 16.8 Å². The van der Waals surface area contributed by atoms with Crippen molar-refractivity contribution in [3.63, 3.8) is 0 Å². The zero-order valence-electron chi connectivity index (χ0n) is 17.1. The van der Waals surface area contributed by atoms with E-state index in [-0.39, 0.29) is 11.8 Å². The van der Waals surface area contributed by atoms with Crippen molar-refractivity contribution in [2.45, 2.75) is 12.3 Å². The predicted octanol–water partition coefficient (Wildman–Crippen LogP) is 4.89. The van der Waals surface area contributed by atoms with Crippen LogP contribution >= 0.6 is 0 Å². The molecule has 0 fully saturated rings. The first-order chi connectivity index (χ1) is 15.3. The molecule has 0 saturated carbocycles. The Morgan fingerprint density at radius 3 is 2.58 bits per heavy atom. The molecular weight excluding hydrogens is 388 g/mol. The molecule has 2 N–H and O–H groups in total. The molecule has 5 heteroatoms. The van der Waals surface area contributed by atoms with Gasteiger partial charge in [-0.2, -0.15) is 0 Å². The Morgan fingerprint density at radius 1 is 0.935 bits per heavy atom. The van der Waals surface area contributed by atoms with Gasteiger partial charge in [0.15, 0.2) is 11.5 Å². The molecule has 0 saturated heterocycles. The lowest BCUT2D eigenvalue weighted by Gasteiger charge is -2.18. The Kier molecular flexibility index (Phi) is 5.31. The Labute approximate surface area is 181 Å². The topological polar surface area (TPSA) is 63.4 Å². The molecule has 1 aliphatic rings. The molecule has 0 radical (unpaired) electrons. The Hall–Kier alpha value is -3.73. The van der Waals surface area contributed by atoms with Crippen LogP contribution in [0.4, 0.5) is 0 Å². The fraction of sp³-hybridized carbons (Fsp3) is 0.192. The molecule has 0 bridgehead atoms. The molecule has 5 nitrogen and oxygen atoms in total. The summed E-state index contributed by atoms with van der Waals surface area (Å²) in [6.07, 6.45) is 2.88. The molecule has 4 aromatic rings. The lowest BCUT2D eigenvalue weighted by Crippen LogP contribution is -2.29. The number of H-pyrrole nitrogens is 1. The number of fused-ring (bicyclic) bond motifs is 2. The van der Waals surface area contributed by atoms with Crippen molar-refractivity contribution in [2.24, 2.45) is 0 Å². The lowest BCUT2D eigenvalue weighted by molar-refractivity contribution is 0.0952. The first kappa shape index (κ1) is 19.2. The molecule has 1 aliphatic heterocycles. The van der Waals surface area contributed by atoms with Crippen molar-refractivity contribution in [2.75, 3.05) is 19.8 Å². The summed E-state index contributed by atoms with van der Waals surface area (Å²) in [4.78, 5) is 16.3. The third kappa shape index (κ3) is 3.99. The average molecular weight is 412 g/mol. The maximum absolute atomic E-state index is 13.0. The largest absolute Gasteiger partial charge is 0.490 e. The summed E-state index contributed by atoms with van der Waals surface area (Å²) in [5.74, 6) is 1.22. The molecule has 1 atom stereocenters. The van der Waals surface area contributed by atoms with Gasteiger partial charge in [-0.1, -0.05) is 48.5 Å². The van der Waals surface area contributed by atoms with Gasteiger partial charge in [0.25, 0.3) is 5.91 Å². The second-order valence-corrected chi connectivity index (χ2v) is 7.67. The number of hydrogen-bond acceptors (Lipinski definition) is 3. The number of rotatable bonds is 5. The van der Waals surface area contributed by atoms with E-state index in [9.17, 15) is 4.79 Å². The van der Waals surface area contributed by atoms with Gasteiger partial charge < -0.3 is 19.8 Å². The number of aromatic amines is 1. The number of aromatic nitrogens is 1. The van der Waals surface area contributed by atoms with Crippen LogP contribution in [0.15, 0.2) is 79.0 Å². The summed E-state index contributed by atoms with van der Waals surface area (Å²) in [5, 5.41) is 4.29. The molecule has 5 rings (SSSR count). The highest BCUT2D eigenvalue weighted by Crippen LogP contribution is 2.32. The molecule has 156 valence electrons. The van der Waals surface area contributed by atoms with Gasteiger partial charge >= 0.3 is 0 Å². The third-order valence-electron chi connectivity index (χ3n) is 5.68. The van der Waals surface area contributed by atoms with Gasteiger partial charge in [-0.05, 0) is 35.4 Å². The van der Waals surface area contributed by atoms with Crippen LogP contribution < -0.4 is 14.8 Å². The number of carbonyl (C=O) groups excluding carboxylic acids is 1. The van der Waals surface area contributed by atoms with Crippen LogP contribution in [0.5, 0.6) is 11.5 Å². The van der Waals surface area contributed by atoms with Gasteiger partial charge in [0.2, 0.25) is 0 Å². The molecular formula is C26H24N2O3. The molecule has 0 aliphatic carbocycles. The lowest BCUT2D eigenvalue weighted by atomic mass is 9.91. The van der Waals surface area contributed by atoms with Crippen LogP contribution in [0.25, 0.3) is 10.9 Å². The van der Waals surface area contributed by atoms with Crippen LogP contribution in [-0.4, -0.2) is 30.6 Å². The average Bonchev–Trinajstić information content (AvgIpc) is 3.09. The zero-order chi connectivity index (χ0) is 21.0. The molecule has 3 aromatic carbocycles. The minimum absolute atomic E-state index is 0.0294. The quantitative estimate of drug-likeness (QED) is 0.491. The van der Waals surface area contributed by atoms with E-state index in [1.165, 1.54) is 10.9 Å². The number of para-hydroxylation sites is 1. The maximum Gasteiger partial charge on any atom is 0.251 e. The van der Waals surface area contributed by atoms with E-state index in [1.54, 1.807) is 12.1 Å². The summed E-state index contributed by atoms with van der Waals surface area (Å²) in [7, 11) is 0. The highest BCUT2D eigenvalue weighted by molar-refractivity contribution is 5.95. The third-order valence-corrected chi connectivity index (χ3v) is 5.68. The first-order valence-electron chi connectivity index (χ1n) is 10.6. The van der Waals surface area contributed by atoms with Crippen LogP contribution in [0.3, 0.4) is 0 Å². The van der Waals surface area contributed by atoms with Gasteiger partial charge in [-0.15, -0.1) is 0 Å². The van der Waals surface area contributed by atoms with Crippen LogP contribution in [0.2, 0.25) is 0 Å². The minimum atomic E-state index is -0.128. The summed E-state index contributed by atoms with van der Waals surface area (Å²) < 4.78 is 11.4. The Bertz CT molecular complexity index is 1200. The summed E-state index contributed by atoms with van der Waals surface area (Å²) in [6, 6.07) is 23.9. The van der Waals surface area contributed by atoms with E-state index < -0.39 is 0 Å². The van der Waals surface area contributed by atoms with Crippen molar-refractivity contribution in [3.8, 4) is 11.5 Å². The standard InChI is InChI=1S/C26H24N2O3/c29-26(19-11-12-24-25(15-19)31-14-6-13-30-24)28-16-21(18-7-2-1-3-8-18)22-17-27-23-10-5-4-9-20(22)23/h1-5,7-12,15,17,21,27H,6,13-14,16H2,(H,28,29)/t21-/m0/s1. The van der Waals surface area contributed by atoms with Gasteiger partial charge in [-0.3, -0.25) is 4.79 Å². The number of benzene rings is 3. The van der Waals surface area contributed by atoms with Crippen LogP contribution in [-0.2, 0) is 0 Å².